The maximum absolute atomic E-state index is 10.1. The van der Waals surface area contributed by atoms with Crippen molar-refractivity contribution in [3.63, 3.8) is 0 Å². The van der Waals surface area contributed by atoms with E-state index in [0.717, 1.165) is 0 Å². The topological polar surface area (TPSA) is 135 Å². The minimum absolute atomic E-state index is 0.0570. The van der Waals surface area contributed by atoms with Gasteiger partial charge in [-0.25, -0.2) is 9.89 Å². The Morgan fingerprint density at radius 2 is 1.44 bits per heavy atom. The van der Waals surface area contributed by atoms with Gasteiger partial charge >= 0.3 is 0 Å². The Morgan fingerprint density at radius 3 is 1.85 bits per heavy atom. The van der Waals surface area contributed by atoms with Gasteiger partial charge in [0.05, 0.1) is 0 Å². The third-order valence-corrected chi connectivity index (χ3v) is 3.66. The summed E-state index contributed by atoms with van der Waals surface area (Å²) in [4.78, 5) is 13.2. The van der Waals surface area contributed by atoms with Crippen LogP contribution in [0.4, 0.5) is 0 Å². The molecule has 0 aromatic carbocycles. The fourth-order valence-corrected chi connectivity index (χ4v) is 2.50. The van der Waals surface area contributed by atoms with E-state index < -0.39 is 25.0 Å². The summed E-state index contributed by atoms with van der Waals surface area (Å²) in [5.74, 6) is 0.336. The van der Waals surface area contributed by atoms with E-state index in [1.807, 2.05) is 0 Å². The van der Waals surface area contributed by atoms with Crippen LogP contribution in [0.3, 0.4) is 0 Å². The van der Waals surface area contributed by atoms with E-state index in [1.165, 1.54) is 45.0 Å². The number of nitrogens with one attached hydrogen (secondary N) is 1. The molecule has 12 nitrogen and oxygen atoms in total. The fraction of sp³-hybridized carbons (Fsp3) is 0.867. The standard InChI is InChI=1S/C15H32N6O6/c1-10(22)20(9-27-6)14-16-13(19(7-25-4)8-26-5)17-15(18-14)21(11(2)23)12(3)24/h10-13,22-24H,7-9H2,1-6H3,(H,16,17,18)/t10?,11?,12?,13-/m1/s1. The maximum Gasteiger partial charge on any atom is 0.231 e. The van der Waals surface area contributed by atoms with Crippen LogP contribution in [0.15, 0.2) is 9.98 Å². The van der Waals surface area contributed by atoms with Crippen molar-refractivity contribution in [1.82, 2.24) is 20.0 Å². The van der Waals surface area contributed by atoms with Gasteiger partial charge in [-0.05, 0) is 20.8 Å². The first-order valence-electron chi connectivity index (χ1n) is 8.49. The van der Waals surface area contributed by atoms with Crippen molar-refractivity contribution >= 4 is 11.9 Å². The zero-order valence-electron chi connectivity index (χ0n) is 16.7. The molecule has 0 amide bonds. The van der Waals surface area contributed by atoms with E-state index in [-0.39, 0.29) is 32.1 Å². The maximum atomic E-state index is 10.1. The molecule has 0 saturated carbocycles. The summed E-state index contributed by atoms with van der Waals surface area (Å²) in [7, 11) is 4.57. The highest BCUT2D eigenvalue weighted by atomic mass is 16.5. The molecule has 0 aliphatic carbocycles. The number of ether oxygens (including phenoxy) is 3. The van der Waals surface area contributed by atoms with E-state index >= 15 is 0 Å². The highest BCUT2D eigenvalue weighted by Crippen LogP contribution is 2.13. The van der Waals surface area contributed by atoms with Crippen LogP contribution in [-0.2, 0) is 14.2 Å². The van der Waals surface area contributed by atoms with E-state index in [2.05, 4.69) is 15.3 Å². The normalized spacial score (nSPS) is 20.4. The number of nitrogens with zero attached hydrogens (tertiary/aromatic N) is 5. The van der Waals surface area contributed by atoms with Crippen LogP contribution in [0.25, 0.3) is 0 Å². The molecule has 4 atom stereocenters. The predicted octanol–water partition coefficient (Wildman–Crippen LogP) is -1.68. The first-order chi connectivity index (χ1) is 12.8. The SMILES string of the molecule is COCN(C1=NC(N(C(C)O)C(C)O)=N[C@H](N(COC)COC)N1)C(C)O. The number of aliphatic hydroxyl groups is 3. The van der Waals surface area contributed by atoms with Gasteiger partial charge in [0, 0.05) is 21.3 Å². The summed E-state index contributed by atoms with van der Waals surface area (Å²) in [5.41, 5.74) is 0. The Hall–Kier alpha value is -1.54. The third-order valence-electron chi connectivity index (χ3n) is 3.66. The fourth-order valence-electron chi connectivity index (χ4n) is 2.50. The number of rotatable bonds is 10. The van der Waals surface area contributed by atoms with Gasteiger partial charge in [-0.2, -0.15) is 4.99 Å². The molecule has 0 radical (unpaired) electrons. The Morgan fingerprint density at radius 1 is 0.926 bits per heavy atom. The van der Waals surface area contributed by atoms with Gasteiger partial charge in [0.1, 0.15) is 38.9 Å². The van der Waals surface area contributed by atoms with Gasteiger partial charge in [-0.1, -0.05) is 0 Å². The van der Waals surface area contributed by atoms with E-state index in [9.17, 15) is 15.3 Å². The van der Waals surface area contributed by atoms with Gasteiger partial charge in [0.15, 0.2) is 6.29 Å². The highest BCUT2D eigenvalue weighted by molar-refractivity contribution is 5.97. The molecule has 0 fully saturated rings. The van der Waals surface area contributed by atoms with Crippen LogP contribution in [0.1, 0.15) is 20.8 Å². The summed E-state index contributed by atoms with van der Waals surface area (Å²) in [6, 6.07) is 0. The first-order valence-corrected chi connectivity index (χ1v) is 8.49. The molecule has 0 spiro atoms. The molecule has 12 heteroatoms. The van der Waals surface area contributed by atoms with Crippen molar-refractivity contribution in [3.8, 4) is 0 Å². The summed E-state index contributed by atoms with van der Waals surface area (Å²) < 4.78 is 15.5. The summed E-state index contributed by atoms with van der Waals surface area (Å²) in [6.07, 6.45) is -3.70. The van der Waals surface area contributed by atoms with E-state index in [4.69, 9.17) is 14.2 Å². The molecule has 1 rings (SSSR count). The zero-order valence-corrected chi connectivity index (χ0v) is 16.7. The van der Waals surface area contributed by atoms with Crippen LogP contribution in [-0.4, -0.2) is 108 Å². The minimum atomic E-state index is -1.05. The molecule has 27 heavy (non-hydrogen) atoms. The van der Waals surface area contributed by atoms with Crippen LogP contribution in [0, 0.1) is 0 Å². The number of methoxy groups -OCH3 is 3. The molecule has 0 aromatic rings. The third kappa shape index (κ3) is 6.53. The minimum Gasteiger partial charge on any atom is -0.374 e. The van der Waals surface area contributed by atoms with E-state index in [1.54, 1.807) is 11.8 Å². The first kappa shape index (κ1) is 23.5. The molecule has 0 saturated heterocycles. The lowest BCUT2D eigenvalue weighted by Crippen LogP contribution is -2.59. The molecule has 0 aromatic heterocycles. The van der Waals surface area contributed by atoms with Crippen molar-refractivity contribution in [2.45, 2.75) is 45.7 Å². The highest BCUT2D eigenvalue weighted by Gasteiger charge is 2.32. The number of hydrogen-bond donors (Lipinski definition) is 4. The van der Waals surface area contributed by atoms with Crippen molar-refractivity contribution in [3.05, 3.63) is 0 Å². The lowest BCUT2D eigenvalue weighted by Gasteiger charge is -2.38. The van der Waals surface area contributed by atoms with Crippen molar-refractivity contribution in [2.24, 2.45) is 9.98 Å². The van der Waals surface area contributed by atoms with Crippen LogP contribution in [0.5, 0.6) is 0 Å². The molecule has 1 heterocycles. The van der Waals surface area contributed by atoms with Crippen molar-refractivity contribution < 1.29 is 29.5 Å². The number of aliphatic imine (C=N–C) groups is 2. The van der Waals surface area contributed by atoms with E-state index in [0.29, 0.717) is 0 Å². The second-order valence-corrected chi connectivity index (χ2v) is 6.00. The molecule has 1 aliphatic heterocycles. The summed E-state index contributed by atoms with van der Waals surface area (Å²) in [5, 5.41) is 33.3. The van der Waals surface area contributed by atoms with Crippen LogP contribution >= 0.6 is 0 Å². The second kappa shape index (κ2) is 11.3. The monoisotopic (exact) mass is 392 g/mol. The van der Waals surface area contributed by atoms with Gasteiger partial charge < -0.3 is 34.8 Å². The second-order valence-electron chi connectivity index (χ2n) is 6.00. The zero-order chi connectivity index (χ0) is 20.6. The smallest absolute Gasteiger partial charge is 0.231 e. The number of hydrogen-bond acceptors (Lipinski definition) is 12. The van der Waals surface area contributed by atoms with Gasteiger partial charge in [-0.3, -0.25) is 9.80 Å². The van der Waals surface area contributed by atoms with Crippen LogP contribution < -0.4 is 5.32 Å². The molecule has 3 unspecified atom stereocenters. The Bertz CT molecular complexity index is 487. The Labute approximate surface area is 159 Å². The number of aliphatic hydroxyl groups excluding tert-OH is 3. The predicted molar refractivity (Wildman–Crippen MR) is 98.0 cm³/mol. The van der Waals surface area contributed by atoms with Gasteiger partial charge in [0.2, 0.25) is 11.9 Å². The summed E-state index contributed by atoms with van der Waals surface area (Å²) in [6.45, 7) is 4.99. The van der Waals surface area contributed by atoms with Crippen LogP contribution in [0.2, 0.25) is 0 Å². The quantitative estimate of drug-likeness (QED) is 0.319. The van der Waals surface area contributed by atoms with Crippen molar-refractivity contribution in [1.29, 1.82) is 0 Å². The van der Waals surface area contributed by atoms with Crippen molar-refractivity contribution in [2.75, 3.05) is 41.5 Å². The molecular weight excluding hydrogens is 360 g/mol. The van der Waals surface area contributed by atoms with Gasteiger partial charge in [0.25, 0.3) is 0 Å². The molecule has 1 aliphatic rings. The molecule has 0 bridgehead atoms. The Balaban J connectivity index is 3.33. The molecular formula is C15H32N6O6. The molecule has 158 valence electrons. The average Bonchev–Trinajstić information content (AvgIpc) is 2.58. The Kier molecular flexibility index (Phi) is 9.87. The summed E-state index contributed by atoms with van der Waals surface area (Å²) >= 11 is 0. The largest absolute Gasteiger partial charge is 0.374 e. The van der Waals surface area contributed by atoms with Gasteiger partial charge in [-0.15, -0.1) is 0 Å². The average molecular weight is 392 g/mol. The lowest BCUT2D eigenvalue weighted by atomic mass is 10.4. The number of guanidine groups is 2. The lowest BCUT2D eigenvalue weighted by molar-refractivity contribution is -0.0511. The molecule has 4 N–H and O–H groups in total.